The lowest BCUT2D eigenvalue weighted by Crippen LogP contribution is -2.00. The molecule has 0 aliphatic rings. The van der Waals surface area contributed by atoms with Gasteiger partial charge in [0.05, 0.1) is 0 Å². The van der Waals surface area contributed by atoms with E-state index in [4.69, 9.17) is 0 Å². The van der Waals surface area contributed by atoms with Crippen molar-refractivity contribution in [3.05, 3.63) is 51.0 Å². The summed E-state index contributed by atoms with van der Waals surface area (Å²) in [6, 6.07) is 4.02. The number of aryl methyl sites for hydroxylation is 3. The van der Waals surface area contributed by atoms with Crippen LogP contribution in [0.5, 0.6) is 0 Å². The fraction of sp³-hybridized carbons (Fsp3) is 0.308. The Labute approximate surface area is 99.6 Å². The number of hydrogen-bond donors (Lipinski definition) is 1. The zero-order chi connectivity index (χ0) is 11.7. The van der Waals surface area contributed by atoms with Crippen LogP contribution in [0, 0.1) is 20.8 Å². The number of hydrogen-bond acceptors (Lipinski definition) is 3. The normalized spacial score (nSPS) is 12.8. The van der Waals surface area contributed by atoms with Crippen LogP contribution >= 0.6 is 11.3 Å². The van der Waals surface area contributed by atoms with Crippen LogP contribution in [-0.2, 0) is 0 Å². The van der Waals surface area contributed by atoms with Gasteiger partial charge in [-0.3, -0.25) is 4.98 Å². The smallest absolute Gasteiger partial charge is 0.107 e. The first-order chi connectivity index (χ1) is 7.58. The summed E-state index contributed by atoms with van der Waals surface area (Å²) in [5.74, 6) is 0. The summed E-state index contributed by atoms with van der Waals surface area (Å²) < 4.78 is 0. The van der Waals surface area contributed by atoms with Crippen molar-refractivity contribution in [1.82, 2.24) is 4.98 Å². The van der Waals surface area contributed by atoms with Crippen molar-refractivity contribution >= 4 is 11.3 Å². The second kappa shape index (κ2) is 4.36. The molecule has 3 heteroatoms. The predicted molar refractivity (Wildman–Crippen MR) is 66.8 cm³/mol. The molecule has 1 atom stereocenters. The molecule has 0 fully saturated rings. The third-order valence-electron chi connectivity index (χ3n) is 2.59. The van der Waals surface area contributed by atoms with Crippen LogP contribution in [0.25, 0.3) is 0 Å². The molecule has 2 heterocycles. The maximum Gasteiger partial charge on any atom is 0.107 e. The van der Waals surface area contributed by atoms with Crippen LogP contribution < -0.4 is 0 Å². The summed E-state index contributed by atoms with van der Waals surface area (Å²) in [5, 5.41) is 10.3. The Kier molecular flexibility index (Phi) is 3.08. The fourth-order valence-electron chi connectivity index (χ4n) is 1.83. The minimum atomic E-state index is -0.558. The van der Waals surface area contributed by atoms with E-state index in [2.05, 4.69) is 11.9 Å². The Morgan fingerprint density at radius 3 is 2.50 bits per heavy atom. The molecule has 0 saturated carbocycles. The molecule has 2 nitrogen and oxygen atoms in total. The summed E-state index contributed by atoms with van der Waals surface area (Å²) in [7, 11) is 0. The molecule has 0 aliphatic heterocycles. The molecule has 0 radical (unpaired) electrons. The van der Waals surface area contributed by atoms with Gasteiger partial charge in [0.25, 0.3) is 0 Å². The van der Waals surface area contributed by atoms with Gasteiger partial charge >= 0.3 is 0 Å². The highest BCUT2D eigenvalue weighted by Crippen LogP contribution is 2.30. The number of pyridine rings is 1. The highest BCUT2D eigenvalue weighted by Gasteiger charge is 2.15. The monoisotopic (exact) mass is 233 g/mol. The Balaban J connectivity index is 2.38. The lowest BCUT2D eigenvalue weighted by atomic mass is 10.0. The zero-order valence-corrected chi connectivity index (χ0v) is 10.5. The number of rotatable bonds is 2. The topological polar surface area (TPSA) is 33.1 Å². The summed E-state index contributed by atoms with van der Waals surface area (Å²) in [6.45, 7) is 6.08. The summed E-state index contributed by atoms with van der Waals surface area (Å²) in [6.07, 6.45) is 2.96. The minimum absolute atomic E-state index is 0.558. The highest BCUT2D eigenvalue weighted by molar-refractivity contribution is 7.12. The summed E-state index contributed by atoms with van der Waals surface area (Å²) in [4.78, 5) is 6.51. The SMILES string of the molecule is Cc1cncc(C(O)c2cc(C)sc2C)c1. The van der Waals surface area contributed by atoms with Crippen molar-refractivity contribution in [3.8, 4) is 0 Å². The maximum atomic E-state index is 10.3. The van der Waals surface area contributed by atoms with Crippen LogP contribution in [0.15, 0.2) is 24.5 Å². The number of thiophene rings is 1. The van der Waals surface area contributed by atoms with E-state index in [-0.39, 0.29) is 0 Å². The van der Waals surface area contributed by atoms with E-state index in [0.717, 1.165) is 16.7 Å². The van der Waals surface area contributed by atoms with Gasteiger partial charge in [0.15, 0.2) is 0 Å². The molecule has 2 aromatic rings. The van der Waals surface area contributed by atoms with Crippen molar-refractivity contribution in [1.29, 1.82) is 0 Å². The first kappa shape index (κ1) is 11.3. The summed E-state index contributed by atoms with van der Waals surface area (Å²) >= 11 is 1.72. The van der Waals surface area contributed by atoms with Crippen LogP contribution in [0.1, 0.15) is 32.5 Å². The Morgan fingerprint density at radius 1 is 1.19 bits per heavy atom. The highest BCUT2D eigenvalue weighted by atomic mass is 32.1. The third kappa shape index (κ3) is 2.15. The molecule has 84 valence electrons. The molecule has 0 spiro atoms. The average molecular weight is 233 g/mol. The van der Waals surface area contributed by atoms with Gasteiger partial charge in [-0.25, -0.2) is 0 Å². The van der Waals surface area contributed by atoms with Gasteiger partial charge in [-0.05, 0) is 38.0 Å². The molecule has 0 saturated heterocycles. The van der Waals surface area contributed by atoms with Gasteiger partial charge in [-0.15, -0.1) is 11.3 Å². The van der Waals surface area contributed by atoms with Crippen LogP contribution in [0.2, 0.25) is 0 Å². The lowest BCUT2D eigenvalue weighted by Gasteiger charge is -2.10. The molecule has 0 amide bonds. The molecule has 2 rings (SSSR count). The number of nitrogens with zero attached hydrogens (tertiary/aromatic N) is 1. The second-order valence-corrected chi connectivity index (χ2v) is 5.53. The van der Waals surface area contributed by atoms with E-state index in [0.29, 0.717) is 0 Å². The zero-order valence-electron chi connectivity index (χ0n) is 9.69. The van der Waals surface area contributed by atoms with Crippen molar-refractivity contribution in [3.63, 3.8) is 0 Å². The van der Waals surface area contributed by atoms with Gasteiger partial charge in [0.1, 0.15) is 6.10 Å². The number of aliphatic hydroxyl groups is 1. The van der Waals surface area contributed by atoms with E-state index in [9.17, 15) is 5.11 Å². The molecule has 0 aromatic carbocycles. The molecular formula is C13H15NOS. The van der Waals surface area contributed by atoms with E-state index in [1.807, 2.05) is 26.0 Å². The molecule has 2 aromatic heterocycles. The van der Waals surface area contributed by atoms with Gasteiger partial charge in [0.2, 0.25) is 0 Å². The third-order valence-corrected chi connectivity index (χ3v) is 3.57. The Bertz CT molecular complexity index is 504. The van der Waals surface area contributed by atoms with Gasteiger partial charge in [0, 0.05) is 27.7 Å². The van der Waals surface area contributed by atoms with Gasteiger partial charge in [-0.2, -0.15) is 0 Å². The second-order valence-electron chi connectivity index (χ2n) is 4.07. The largest absolute Gasteiger partial charge is 0.384 e. The Morgan fingerprint density at radius 2 is 1.94 bits per heavy atom. The predicted octanol–water partition coefficient (Wildman–Crippen LogP) is 3.15. The van der Waals surface area contributed by atoms with Crippen LogP contribution in [0.3, 0.4) is 0 Å². The first-order valence-electron chi connectivity index (χ1n) is 5.24. The number of aliphatic hydroxyl groups excluding tert-OH is 1. The lowest BCUT2D eigenvalue weighted by molar-refractivity contribution is 0.219. The molecule has 16 heavy (non-hydrogen) atoms. The van der Waals surface area contributed by atoms with E-state index < -0.39 is 6.10 Å². The molecular weight excluding hydrogens is 218 g/mol. The van der Waals surface area contributed by atoms with Crippen molar-refractivity contribution in [2.75, 3.05) is 0 Å². The van der Waals surface area contributed by atoms with Crippen molar-refractivity contribution < 1.29 is 5.11 Å². The standard InChI is InChI=1S/C13H15NOS/c1-8-4-11(7-14-6-8)13(15)12-5-9(2)16-10(12)3/h4-7,13,15H,1-3H3. The van der Waals surface area contributed by atoms with E-state index in [1.165, 1.54) is 9.75 Å². The van der Waals surface area contributed by atoms with E-state index >= 15 is 0 Å². The van der Waals surface area contributed by atoms with Crippen LogP contribution in [-0.4, -0.2) is 10.1 Å². The fourth-order valence-corrected chi connectivity index (χ4v) is 2.79. The molecule has 1 N–H and O–H groups in total. The van der Waals surface area contributed by atoms with Crippen molar-refractivity contribution in [2.45, 2.75) is 26.9 Å². The number of aromatic nitrogens is 1. The average Bonchev–Trinajstić information content (AvgIpc) is 2.57. The molecule has 1 unspecified atom stereocenters. The molecule has 0 bridgehead atoms. The minimum Gasteiger partial charge on any atom is -0.384 e. The first-order valence-corrected chi connectivity index (χ1v) is 6.06. The Hall–Kier alpha value is -1.19. The van der Waals surface area contributed by atoms with E-state index in [1.54, 1.807) is 23.7 Å². The molecule has 0 aliphatic carbocycles. The quantitative estimate of drug-likeness (QED) is 0.864. The van der Waals surface area contributed by atoms with Crippen molar-refractivity contribution in [2.24, 2.45) is 0 Å². The van der Waals surface area contributed by atoms with Gasteiger partial charge in [-0.1, -0.05) is 6.07 Å². The maximum absolute atomic E-state index is 10.3. The summed E-state index contributed by atoms with van der Waals surface area (Å²) in [5.41, 5.74) is 2.93. The van der Waals surface area contributed by atoms with Crippen LogP contribution in [0.4, 0.5) is 0 Å². The van der Waals surface area contributed by atoms with Gasteiger partial charge < -0.3 is 5.11 Å².